The smallest absolute Gasteiger partial charge is 0.188 e. The number of aliphatic hydroxyl groups is 1. The fourth-order valence-electron chi connectivity index (χ4n) is 3.50. The number of rotatable bonds is 5. The third-order valence-corrected chi connectivity index (χ3v) is 4.84. The molecule has 0 amide bonds. The van der Waals surface area contributed by atoms with Gasteiger partial charge in [-0.05, 0) is 44.4 Å². The van der Waals surface area contributed by atoms with E-state index in [9.17, 15) is 5.11 Å². The van der Waals surface area contributed by atoms with Gasteiger partial charge in [0, 0.05) is 11.5 Å². The summed E-state index contributed by atoms with van der Waals surface area (Å²) >= 11 is 0. The number of nitrogens with two attached hydrogens (primary N) is 1. The van der Waals surface area contributed by atoms with E-state index in [4.69, 9.17) is 5.73 Å². The zero-order valence-corrected chi connectivity index (χ0v) is 11.7. The lowest BCUT2D eigenvalue weighted by molar-refractivity contribution is -0.114. The molecule has 2 aliphatic rings. The highest BCUT2D eigenvalue weighted by atomic mass is 16.3. The van der Waals surface area contributed by atoms with Crippen molar-refractivity contribution in [2.24, 2.45) is 21.6 Å². The van der Waals surface area contributed by atoms with Crippen LogP contribution in [0.1, 0.15) is 52.4 Å². The van der Waals surface area contributed by atoms with Crippen molar-refractivity contribution in [2.75, 3.05) is 13.2 Å². The van der Waals surface area contributed by atoms with E-state index in [-0.39, 0.29) is 12.0 Å². The molecule has 0 heterocycles. The molecule has 2 rings (SSSR count). The standard InChI is InChI=1S/C14H27N3O/c1-3-11(2)17-12(15)16-9-14(10-18)7-13(8-14)5-4-6-13/h11,18H,3-10H2,1-2H3,(H3,15,16,17). The Morgan fingerprint density at radius 2 is 2.11 bits per heavy atom. The average molecular weight is 253 g/mol. The normalized spacial score (nSPS) is 26.3. The van der Waals surface area contributed by atoms with Gasteiger partial charge in [0.15, 0.2) is 5.96 Å². The zero-order valence-electron chi connectivity index (χ0n) is 11.7. The molecule has 1 spiro atoms. The highest BCUT2D eigenvalue weighted by Crippen LogP contribution is 2.64. The molecule has 0 aromatic heterocycles. The van der Waals surface area contributed by atoms with Crippen LogP contribution in [0.3, 0.4) is 0 Å². The van der Waals surface area contributed by atoms with E-state index in [2.05, 4.69) is 24.2 Å². The van der Waals surface area contributed by atoms with Gasteiger partial charge in [0.05, 0.1) is 13.2 Å². The molecular formula is C14H27N3O. The Hall–Kier alpha value is -0.770. The molecule has 0 radical (unpaired) electrons. The van der Waals surface area contributed by atoms with E-state index in [1.807, 2.05) is 0 Å². The molecular weight excluding hydrogens is 226 g/mol. The van der Waals surface area contributed by atoms with E-state index in [0.29, 0.717) is 24.0 Å². The lowest BCUT2D eigenvalue weighted by Crippen LogP contribution is -2.54. The number of aliphatic imine (C=N–C) groups is 1. The highest BCUT2D eigenvalue weighted by Gasteiger charge is 2.56. The first kappa shape index (κ1) is 13.7. The Labute approximate surface area is 110 Å². The van der Waals surface area contributed by atoms with Gasteiger partial charge < -0.3 is 16.2 Å². The molecule has 1 atom stereocenters. The Bertz CT molecular complexity index is 315. The van der Waals surface area contributed by atoms with E-state index < -0.39 is 0 Å². The number of aliphatic hydroxyl groups excluding tert-OH is 1. The van der Waals surface area contributed by atoms with E-state index in [0.717, 1.165) is 19.3 Å². The van der Waals surface area contributed by atoms with E-state index in [1.54, 1.807) is 0 Å². The summed E-state index contributed by atoms with van der Waals surface area (Å²) in [5.74, 6) is 0.520. The molecule has 2 aliphatic carbocycles. The summed E-state index contributed by atoms with van der Waals surface area (Å²) in [4.78, 5) is 4.42. The molecule has 0 aromatic carbocycles. The molecule has 0 bridgehead atoms. The summed E-state index contributed by atoms with van der Waals surface area (Å²) in [6.45, 7) is 5.12. The van der Waals surface area contributed by atoms with Crippen molar-refractivity contribution in [2.45, 2.75) is 58.4 Å². The minimum atomic E-state index is 0.0160. The fraction of sp³-hybridized carbons (Fsp3) is 0.929. The van der Waals surface area contributed by atoms with Crippen molar-refractivity contribution in [3.8, 4) is 0 Å². The van der Waals surface area contributed by atoms with Crippen molar-refractivity contribution in [3.05, 3.63) is 0 Å². The van der Waals surface area contributed by atoms with Crippen molar-refractivity contribution < 1.29 is 5.11 Å². The Kier molecular flexibility index (Phi) is 3.85. The van der Waals surface area contributed by atoms with Crippen LogP contribution in [0.25, 0.3) is 0 Å². The maximum atomic E-state index is 9.60. The summed E-state index contributed by atoms with van der Waals surface area (Å²) in [6, 6.07) is 0.359. The predicted molar refractivity (Wildman–Crippen MR) is 74.4 cm³/mol. The topological polar surface area (TPSA) is 70.6 Å². The Morgan fingerprint density at radius 3 is 2.56 bits per heavy atom. The lowest BCUT2D eigenvalue weighted by atomic mass is 9.45. The summed E-state index contributed by atoms with van der Waals surface area (Å²) < 4.78 is 0. The maximum absolute atomic E-state index is 9.60. The molecule has 2 saturated carbocycles. The summed E-state index contributed by atoms with van der Waals surface area (Å²) in [7, 11) is 0. The van der Waals surface area contributed by atoms with Gasteiger partial charge in [-0.2, -0.15) is 0 Å². The highest BCUT2D eigenvalue weighted by molar-refractivity contribution is 5.78. The number of nitrogens with zero attached hydrogens (tertiary/aromatic N) is 1. The molecule has 1 unspecified atom stereocenters. The lowest BCUT2D eigenvalue weighted by Gasteiger charge is -2.60. The van der Waals surface area contributed by atoms with Crippen LogP contribution < -0.4 is 11.1 Å². The van der Waals surface area contributed by atoms with Gasteiger partial charge in [-0.15, -0.1) is 0 Å². The second-order valence-corrected chi connectivity index (χ2v) is 6.52. The Balaban J connectivity index is 1.82. The molecule has 4 heteroatoms. The van der Waals surface area contributed by atoms with Gasteiger partial charge >= 0.3 is 0 Å². The van der Waals surface area contributed by atoms with Crippen LogP contribution in [0.2, 0.25) is 0 Å². The van der Waals surface area contributed by atoms with Crippen LogP contribution in [0, 0.1) is 10.8 Å². The number of hydrogen-bond acceptors (Lipinski definition) is 2. The third kappa shape index (κ3) is 2.63. The predicted octanol–water partition coefficient (Wildman–Crippen LogP) is 1.63. The van der Waals surface area contributed by atoms with E-state index in [1.165, 1.54) is 19.3 Å². The van der Waals surface area contributed by atoms with Crippen molar-refractivity contribution in [3.63, 3.8) is 0 Å². The largest absolute Gasteiger partial charge is 0.396 e. The van der Waals surface area contributed by atoms with Crippen LogP contribution in [0.15, 0.2) is 4.99 Å². The van der Waals surface area contributed by atoms with Crippen molar-refractivity contribution in [1.82, 2.24) is 5.32 Å². The first-order valence-corrected chi connectivity index (χ1v) is 7.20. The molecule has 0 aliphatic heterocycles. The quantitative estimate of drug-likeness (QED) is 0.515. The maximum Gasteiger partial charge on any atom is 0.188 e. The van der Waals surface area contributed by atoms with Crippen LogP contribution in [0.4, 0.5) is 0 Å². The summed E-state index contributed by atoms with van der Waals surface area (Å²) in [5.41, 5.74) is 6.44. The van der Waals surface area contributed by atoms with Gasteiger partial charge in [-0.3, -0.25) is 4.99 Å². The van der Waals surface area contributed by atoms with Crippen LogP contribution in [-0.4, -0.2) is 30.3 Å². The van der Waals surface area contributed by atoms with Gasteiger partial charge in [0.2, 0.25) is 0 Å². The average Bonchev–Trinajstić information content (AvgIpc) is 2.26. The van der Waals surface area contributed by atoms with Crippen LogP contribution in [0.5, 0.6) is 0 Å². The molecule has 0 aromatic rings. The SMILES string of the molecule is CCC(C)NC(N)=NCC1(CO)CC2(CCC2)C1. The first-order valence-electron chi connectivity index (χ1n) is 7.20. The fourth-order valence-corrected chi connectivity index (χ4v) is 3.50. The number of guanidine groups is 1. The Morgan fingerprint density at radius 1 is 1.44 bits per heavy atom. The van der Waals surface area contributed by atoms with Gasteiger partial charge in [-0.1, -0.05) is 13.3 Å². The number of hydrogen-bond donors (Lipinski definition) is 3. The molecule has 2 fully saturated rings. The molecule has 0 saturated heterocycles. The number of nitrogens with one attached hydrogen (secondary N) is 1. The first-order chi connectivity index (χ1) is 8.53. The van der Waals surface area contributed by atoms with Gasteiger partial charge in [-0.25, -0.2) is 0 Å². The molecule has 4 nitrogen and oxygen atoms in total. The summed E-state index contributed by atoms with van der Waals surface area (Å²) in [6.07, 6.45) is 7.36. The van der Waals surface area contributed by atoms with E-state index >= 15 is 0 Å². The van der Waals surface area contributed by atoms with Crippen LogP contribution in [-0.2, 0) is 0 Å². The van der Waals surface area contributed by atoms with Crippen molar-refractivity contribution >= 4 is 5.96 Å². The van der Waals surface area contributed by atoms with Crippen LogP contribution >= 0.6 is 0 Å². The zero-order chi connectivity index (χ0) is 13.2. The second-order valence-electron chi connectivity index (χ2n) is 6.52. The summed E-state index contributed by atoms with van der Waals surface area (Å²) in [5, 5.41) is 12.8. The minimum absolute atomic E-state index is 0.0160. The second kappa shape index (κ2) is 5.08. The minimum Gasteiger partial charge on any atom is -0.396 e. The molecule has 4 N–H and O–H groups in total. The van der Waals surface area contributed by atoms with Crippen molar-refractivity contribution in [1.29, 1.82) is 0 Å². The molecule has 104 valence electrons. The van der Waals surface area contributed by atoms with Gasteiger partial charge in [0.1, 0.15) is 0 Å². The van der Waals surface area contributed by atoms with Gasteiger partial charge in [0.25, 0.3) is 0 Å². The third-order valence-electron chi connectivity index (χ3n) is 4.84. The molecule has 18 heavy (non-hydrogen) atoms. The monoisotopic (exact) mass is 253 g/mol.